The van der Waals surface area contributed by atoms with Crippen molar-refractivity contribution >= 4 is 27.6 Å². The summed E-state index contributed by atoms with van der Waals surface area (Å²) in [6, 6.07) is 11.6. The zero-order valence-corrected chi connectivity index (χ0v) is 23.1. The van der Waals surface area contributed by atoms with E-state index in [1.54, 1.807) is 32.0 Å². The lowest BCUT2D eigenvalue weighted by Gasteiger charge is -2.27. The molecule has 39 heavy (non-hydrogen) atoms. The molecule has 3 aromatic rings. The number of sulfonamides is 1. The van der Waals surface area contributed by atoms with Crippen LogP contribution in [0.25, 0.3) is 5.69 Å². The topological polar surface area (TPSA) is 140 Å². The van der Waals surface area contributed by atoms with Gasteiger partial charge in [0.25, 0.3) is 0 Å². The van der Waals surface area contributed by atoms with Gasteiger partial charge in [0.1, 0.15) is 10.6 Å². The van der Waals surface area contributed by atoms with Gasteiger partial charge in [0.05, 0.1) is 18.9 Å². The Bertz CT molecular complexity index is 1480. The Morgan fingerprint density at radius 1 is 1.13 bits per heavy atom. The van der Waals surface area contributed by atoms with Crippen molar-refractivity contribution in [2.75, 3.05) is 31.6 Å². The van der Waals surface area contributed by atoms with E-state index in [1.165, 1.54) is 21.1 Å². The number of anilines is 1. The highest BCUT2D eigenvalue weighted by Gasteiger charge is 2.31. The number of nitrogens with zero attached hydrogens (tertiary/aromatic N) is 3. The van der Waals surface area contributed by atoms with Gasteiger partial charge in [-0.15, -0.1) is 0 Å². The van der Waals surface area contributed by atoms with Crippen molar-refractivity contribution in [3.8, 4) is 17.3 Å². The van der Waals surface area contributed by atoms with Crippen LogP contribution in [-0.4, -0.2) is 65.8 Å². The molecule has 12 heteroatoms. The number of morpholine rings is 1. The third-order valence-electron chi connectivity index (χ3n) is 6.62. The van der Waals surface area contributed by atoms with E-state index in [9.17, 15) is 23.1 Å². The Morgan fingerprint density at radius 2 is 1.79 bits per heavy atom. The first-order valence-electron chi connectivity index (χ1n) is 12.6. The van der Waals surface area contributed by atoms with Crippen LogP contribution in [0.4, 0.5) is 5.69 Å². The minimum atomic E-state index is -4.07. The van der Waals surface area contributed by atoms with Crippen molar-refractivity contribution in [2.45, 2.75) is 39.0 Å². The van der Waals surface area contributed by atoms with E-state index in [0.29, 0.717) is 17.8 Å². The molecule has 0 bridgehead atoms. The van der Waals surface area contributed by atoms with Crippen LogP contribution in [-0.2, 0) is 19.6 Å². The fourth-order valence-electron chi connectivity index (χ4n) is 4.02. The number of amides is 1. The molecule has 1 amide bonds. The molecule has 1 aliphatic rings. The summed E-state index contributed by atoms with van der Waals surface area (Å²) in [5, 5.41) is 16.7. The van der Waals surface area contributed by atoms with Gasteiger partial charge in [0, 0.05) is 30.3 Å². The van der Waals surface area contributed by atoms with E-state index in [2.05, 4.69) is 10.4 Å². The highest BCUT2D eigenvalue weighted by Crippen LogP contribution is 2.37. The highest BCUT2D eigenvalue weighted by molar-refractivity contribution is 7.89. The molecule has 208 valence electrons. The van der Waals surface area contributed by atoms with Gasteiger partial charge >= 0.3 is 5.97 Å². The molecule has 1 fully saturated rings. The molecule has 1 atom stereocenters. The van der Waals surface area contributed by atoms with Crippen molar-refractivity contribution in [2.24, 2.45) is 5.92 Å². The standard InChI is InChI=1S/C27H32N4O7S/c1-5-18(3)25(32)28-20-8-11-22(23(16-20)39(35,36)30-12-14-37-15-13-30)38-26-19(4)24(27(33)34)29-31(26)21-9-6-17(2)7-10-21/h6-11,16,18H,5,12-15H2,1-4H3,(H,28,32)(H,33,34)/t18-/m0/s1. The van der Waals surface area contributed by atoms with Crippen LogP contribution in [0.1, 0.15) is 41.9 Å². The minimum absolute atomic E-state index is 0.0312. The molecule has 2 heterocycles. The van der Waals surface area contributed by atoms with Crippen molar-refractivity contribution in [3.05, 3.63) is 59.3 Å². The second-order valence-corrected chi connectivity index (χ2v) is 11.3. The summed E-state index contributed by atoms with van der Waals surface area (Å²) < 4.78 is 41.7. The minimum Gasteiger partial charge on any atom is -0.476 e. The van der Waals surface area contributed by atoms with Crippen LogP contribution < -0.4 is 10.1 Å². The van der Waals surface area contributed by atoms with Crippen molar-refractivity contribution < 1.29 is 32.6 Å². The van der Waals surface area contributed by atoms with Crippen LogP contribution >= 0.6 is 0 Å². The zero-order valence-electron chi connectivity index (χ0n) is 22.3. The number of benzene rings is 2. The number of aromatic carboxylic acids is 1. The molecular formula is C27H32N4O7S. The van der Waals surface area contributed by atoms with Gasteiger partial charge in [-0.3, -0.25) is 4.79 Å². The van der Waals surface area contributed by atoms with Crippen LogP contribution in [0.5, 0.6) is 11.6 Å². The van der Waals surface area contributed by atoms with E-state index >= 15 is 0 Å². The van der Waals surface area contributed by atoms with Crippen LogP contribution in [0.2, 0.25) is 0 Å². The summed E-state index contributed by atoms with van der Waals surface area (Å²) in [6.07, 6.45) is 0.625. The maximum absolute atomic E-state index is 13.8. The number of rotatable bonds is 9. The number of carbonyl (C=O) groups is 2. The van der Waals surface area contributed by atoms with Gasteiger partial charge in [0.15, 0.2) is 5.69 Å². The van der Waals surface area contributed by atoms with E-state index in [1.807, 2.05) is 26.0 Å². The Morgan fingerprint density at radius 3 is 2.41 bits per heavy atom. The number of carboxylic acids is 1. The quantitative estimate of drug-likeness (QED) is 0.403. The second kappa shape index (κ2) is 11.6. The lowest BCUT2D eigenvalue weighted by atomic mass is 10.1. The smallest absolute Gasteiger partial charge is 0.356 e. The molecule has 0 aliphatic carbocycles. The molecule has 0 saturated carbocycles. The predicted octanol–water partition coefficient (Wildman–Crippen LogP) is 3.99. The second-order valence-electron chi connectivity index (χ2n) is 9.41. The first kappa shape index (κ1) is 28.3. The largest absolute Gasteiger partial charge is 0.476 e. The van der Waals surface area contributed by atoms with E-state index in [-0.39, 0.29) is 65.9 Å². The molecule has 4 rings (SSSR count). The summed E-state index contributed by atoms with van der Waals surface area (Å²) >= 11 is 0. The molecule has 11 nitrogen and oxygen atoms in total. The molecule has 1 aromatic heterocycles. The van der Waals surface area contributed by atoms with Crippen molar-refractivity contribution in [1.29, 1.82) is 0 Å². The van der Waals surface area contributed by atoms with Crippen LogP contribution in [0.15, 0.2) is 47.4 Å². The Kier molecular flexibility index (Phi) is 8.38. The monoisotopic (exact) mass is 556 g/mol. The SMILES string of the molecule is CC[C@H](C)C(=O)Nc1ccc(Oc2c(C)c(C(=O)O)nn2-c2ccc(C)cc2)c(S(=O)(=O)N2CCOCC2)c1. The molecule has 0 radical (unpaired) electrons. The van der Waals surface area contributed by atoms with Gasteiger partial charge in [-0.2, -0.15) is 14.1 Å². The lowest BCUT2D eigenvalue weighted by Crippen LogP contribution is -2.40. The summed E-state index contributed by atoms with van der Waals surface area (Å²) in [7, 11) is -4.07. The first-order valence-corrected chi connectivity index (χ1v) is 14.1. The summed E-state index contributed by atoms with van der Waals surface area (Å²) in [5.74, 6) is -1.71. The maximum Gasteiger partial charge on any atom is 0.356 e. The molecule has 0 spiro atoms. The van der Waals surface area contributed by atoms with E-state index < -0.39 is 16.0 Å². The van der Waals surface area contributed by atoms with Gasteiger partial charge < -0.3 is 19.9 Å². The lowest BCUT2D eigenvalue weighted by molar-refractivity contribution is -0.119. The number of aryl methyl sites for hydroxylation is 1. The molecule has 0 unspecified atom stereocenters. The zero-order chi connectivity index (χ0) is 28.3. The van der Waals surface area contributed by atoms with Gasteiger partial charge in [-0.1, -0.05) is 31.5 Å². The number of hydrogen-bond donors (Lipinski definition) is 2. The Labute approximate surface area is 227 Å². The molecule has 2 N–H and O–H groups in total. The third kappa shape index (κ3) is 5.97. The normalized spacial score (nSPS) is 15.1. The fourth-order valence-corrected chi connectivity index (χ4v) is 5.57. The number of ether oxygens (including phenoxy) is 2. The van der Waals surface area contributed by atoms with Crippen LogP contribution in [0, 0.1) is 19.8 Å². The molecule has 1 saturated heterocycles. The molecule has 2 aromatic carbocycles. The van der Waals surface area contributed by atoms with Gasteiger partial charge in [-0.05, 0) is 50.6 Å². The summed E-state index contributed by atoms with van der Waals surface area (Å²) in [4.78, 5) is 24.3. The first-order chi connectivity index (χ1) is 18.5. The van der Waals surface area contributed by atoms with E-state index in [0.717, 1.165) is 5.56 Å². The summed E-state index contributed by atoms with van der Waals surface area (Å²) in [5.41, 5.74) is 1.85. The summed E-state index contributed by atoms with van der Waals surface area (Å²) in [6.45, 7) is 7.97. The molecular weight excluding hydrogens is 524 g/mol. The average Bonchev–Trinajstić information content (AvgIpc) is 3.25. The number of aromatic nitrogens is 2. The average molecular weight is 557 g/mol. The Balaban J connectivity index is 1.83. The maximum atomic E-state index is 13.8. The van der Waals surface area contributed by atoms with Crippen molar-refractivity contribution in [3.63, 3.8) is 0 Å². The number of carbonyl (C=O) groups excluding carboxylic acids is 1. The highest BCUT2D eigenvalue weighted by atomic mass is 32.2. The molecule has 1 aliphatic heterocycles. The van der Waals surface area contributed by atoms with Gasteiger partial charge in [0.2, 0.25) is 21.8 Å². The third-order valence-corrected chi connectivity index (χ3v) is 8.54. The number of hydrogen-bond acceptors (Lipinski definition) is 7. The number of carboxylic acid groups (broad SMARTS) is 1. The van der Waals surface area contributed by atoms with Crippen LogP contribution in [0.3, 0.4) is 0 Å². The fraction of sp³-hybridized carbons (Fsp3) is 0.370. The van der Waals surface area contributed by atoms with Gasteiger partial charge in [-0.25, -0.2) is 13.2 Å². The number of nitrogens with one attached hydrogen (secondary N) is 1. The predicted molar refractivity (Wildman–Crippen MR) is 144 cm³/mol. The van der Waals surface area contributed by atoms with Crippen molar-refractivity contribution in [1.82, 2.24) is 14.1 Å². The van der Waals surface area contributed by atoms with E-state index in [4.69, 9.17) is 9.47 Å². The Hall–Kier alpha value is -3.74.